The third-order valence-electron chi connectivity index (χ3n) is 2.03. The molecule has 5 heteroatoms. The molecule has 0 amide bonds. The molecule has 0 unspecified atom stereocenters. The second kappa shape index (κ2) is 4.47. The van der Waals surface area contributed by atoms with Crippen LogP contribution in [-0.4, -0.2) is 9.78 Å². The van der Waals surface area contributed by atoms with Crippen LogP contribution in [0.3, 0.4) is 0 Å². The molecule has 1 heterocycles. The van der Waals surface area contributed by atoms with E-state index in [1.165, 1.54) is 0 Å². The van der Waals surface area contributed by atoms with E-state index in [0.717, 1.165) is 20.3 Å². The molecule has 78 valence electrons. The first-order chi connectivity index (χ1) is 7.22. The van der Waals surface area contributed by atoms with E-state index < -0.39 is 0 Å². The lowest BCUT2D eigenvalue weighted by molar-refractivity contribution is 0.830. The standard InChI is InChI=1S/C10H9Br2N3/c11-7-3-1-2-4-10(7)15-6-8(12)9(5-13)14-15/h1-4,6H,5,13H2. The lowest BCUT2D eigenvalue weighted by atomic mass is 10.3. The normalized spacial score (nSPS) is 10.6. The Kier molecular flexibility index (Phi) is 3.23. The predicted octanol–water partition coefficient (Wildman–Crippen LogP) is 2.86. The lowest BCUT2D eigenvalue weighted by Crippen LogP contribution is -2.01. The van der Waals surface area contributed by atoms with Crippen LogP contribution in [0.2, 0.25) is 0 Å². The highest BCUT2D eigenvalue weighted by atomic mass is 79.9. The zero-order valence-corrected chi connectivity index (χ0v) is 11.0. The van der Waals surface area contributed by atoms with Crippen LogP contribution < -0.4 is 5.73 Å². The summed E-state index contributed by atoms with van der Waals surface area (Å²) < 4.78 is 3.74. The lowest BCUT2D eigenvalue weighted by Gasteiger charge is -2.02. The minimum Gasteiger partial charge on any atom is -0.325 e. The maximum absolute atomic E-state index is 5.56. The molecule has 0 aliphatic carbocycles. The second-order valence-corrected chi connectivity index (χ2v) is 4.73. The van der Waals surface area contributed by atoms with E-state index in [1.807, 2.05) is 30.5 Å². The van der Waals surface area contributed by atoms with Crippen molar-refractivity contribution in [2.75, 3.05) is 0 Å². The summed E-state index contributed by atoms with van der Waals surface area (Å²) in [5.41, 5.74) is 7.41. The van der Waals surface area contributed by atoms with Crippen molar-refractivity contribution >= 4 is 31.9 Å². The Morgan fingerprint density at radius 1 is 1.20 bits per heavy atom. The van der Waals surface area contributed by atoms with Crippen molar-refractivity contribution in [2.45, 2.75) is 6.54 Å². The molecule has 3 nitrogen and oxygen atoms in total. The van der Waals surface area contributed by atoms with E-state index in [0.29, 0.717) is 6.54 Å². The highest BCUT2D eigenvalue weighted by molar-refractivity contribution is 9.10. The topological polar surface area (TPSA) is 43.8 Å². The van der Waals surface area contributed by atoms with E-state index in [4.69, 9.17) is 5.73 Å². The fourth-order valence-electron chi connectivity index (χ4n) is 1.29. The van der Waals surface area contributed by atoms with E-state index in [1.54, 1.807) is 4.68 Å². The summed E-state index contributed by atoms with van der Waals surface area (Å²) in [5, 5.41) is 4.37. The van der Waals surface area contributed by atoms with Gasteiger partial charge >= 0.3 is 0 Å². The highest BCUT2D eigenvalue weighted by Crippen LogP contribution is 2.23. The number of halogens is 2. The van der Waals surface area contributed by atoms with Crippen molar-refractivity contribution in [1.29, 1.82) is 0 Å². The SMILES string of the molecule is NCc1nn(-c2ccccc2Br)cc1Br. The number of nitrogens with two attached hydrogens (primary N) is 1. The summed E-state index contributed by atoms with van der Waals surface area (Å²) >= 11 is 6.90. The van der Waals surface area contributed by atoms with Gasteiger partial charge in [0.25, 0.3) is 0 Å². The maximum atomic E-state index is 5.56. The molecule has 15 heavy (non-hydrogen) atoms. The first kappa shape index (κ1) is 10.9. The van der Waals surface area contributed by atoms with Gasteiger partial charge in [-0.15, -0.1) is 0 Å². The van der Waals surface area contributed by atoms with Crippen molar-refractivity contribution in [1.82, 2.24) is 9.78 Å². The van der Waals surface area contributed by atoms with E-state index in [-0.39, 0.29) is 0 Å². The maximum Gasteiger partial charge on any atom is 0.0906 e. The Labute approximate surface area is 105 Å². The van der Waals surface area contributed by atoms with Gasteiger partial charge in [-0.1, -0.05) is 12.1 Å². The third kappa shape index (κ3) is 2.14. The van der Waals surface area contributed by atoms with Gasteiger partial charge in [0.1, 0.15) is 0 Å². The van der Waals surface area contributed by atoms with Gasteiger partial charge in [-0.2, -0.15) is 5.10 Å². The minimum absolute atomic E-state index is 0.429. The van der Waals surface area contributed by atoms with Gasteiger partial charge in [0, 0.05) is 17.2 Å². The Hall–Kier alpha value is -0.650. The van der Waals surface area contributed by atoms with Gasteiger partial charge in [0.15, 0.2) is 0 Å². The molecular formula is C10H9Br2N3. The predicted molar refractivity (Wildman–Crippen MR) is 66.9 cm³/mol. The molecule has 0 saturated heterocycles. The Bertz CT molecular complexity index is 479. The molecule has 0 bridgehead atoms. The van der Waals surface area contributed by atoms with Gasteiger partial charge in [-0.05, 0) is 44.0 Å². The highest BCUT2D eigenvalue weighted by Gasteiger charge is 2.07. The van der Waals surface area contributed by atoms with E-state index in [9.17, 15) is 0 Å². The number of rotatable bonds is 2. The van der Waals surface area contributed by atoms with Crippen molar-refractivity contribution in [3.8, 4) is 5.69 Å². The molecule has 0 radical (unpaired) electrons. The molecule has 1 aromatic heterocycles. The van der Waals surface area contributed by atoms with Crippen LogP contribution in [0, 0.1) is 0 Å². The number of nitrogens with zero attached hydrogens (tertiary/aromatic N) is 2. The molecule has 0 atom stereocenters. The third-order valence-corrected chi connectivity index (χ3v) is 3.37. The molecule has 1 aromatic carbocycles. The van der Waals surface area contributed by atoms with E-state index >= 15 is 0 Å². The molecule has 0 fully saturated rings. The molecular weight excluding hydrogens is 322 g/mol. The average Bonchev–Trinajstić information content (AvgIpc) is 2.60. The van der Waals surface area contributed by atoms with Crippen molar-refractivity contribution in [2.24, 2.45) is 5.73 Å². The number of aromatic nitrogens is 2. The number of hydrogen-bond acceptors (Lipinski definition) is 2. The van der Waals surface area contributed by atoms with Crippen LogP contribution in [0.15, 0.2) is 39.4 Å². The molecule has 2 N–H and O–H groups in total. The molecule has 2 aromatic rings. The minimum atomic E-state index is 0.429. The van der Waals surface area contributed by atoms with Gasteiger partial charge in [0.05, 0.1) is 15.9 Å². The number of hydrogen-bond donors (Lipinski definition) is 1. The Morgan fingerprint density at radius 2 is 1.93 bits per heavy atom. The smallest absolute Gasteiger partial charge is 0.0906 e. The van der Waals surface area contributed by atoms with E-state index in [2.05, 4.69) is 37.0 Å². The first-order valence-electron chi connectivity index (χ1n) is 4.41. The zero-order valence-electron chi connectivity index (χ0n) is 7.82. The summed E-state index contributed by atoms with van der Waals surface area (Å²) in [6.07, 6.45) is 1.91. The second-order valence-electron chi connectivity index (χ2n) is 3.02. The fourth-order valence-corrected chi connectivity index (χ4v) is 2.19. The van der Waals surface area contributed by atoms with Crippen LogP contribution in [0.5, 0.6) is 0 Å². The molecule has 0 saturated carbocycles. The summed E-state index contributed by atoms with van der Waals surface area (Å²) in [7, 11) is 0. The fraction of sp³-hybridized carbons (Fsp3) is 0.100. The number of para-hydroxylation sites is 1. The van der Waals surface area contributed by atoms with Crippen LogP contribution in [0.4, 0.5) is 0 Å². The van der Waals surface area contributed by atoms with Gasteiger partial charge in [-0.3, -0.25) is 0 Å². The van der Waals surface area contributed by atoms with Crippen molar-refractivity contribution < 1.29 is 0 Å². The summed E-state index contributed by atoms with van der Waals surface area (Å²) in [6, 6.07) is 7.91. The van der Waals surface area contributed by atoms with Gasteiger partial charge < -0.3 is 5.73 Å². The molecule has 0 spiro atoms. The van der Waals surface area contributed by atoms with Crippen LogP contribution >= 0.6 is 31.9 Å². The molecule has 0 aliphatic rings. The Balaban J connectivity index is 2.50. The summed E-state index contributed by atoms with van der Waals surface area (Å²) in [6.45, 7) is 0.429. The quantitative estimate of drug-likeness (QED) is 0.920. The summed E-state index contributed by atoms with van der Waals surface area (Å²) in [4.78, 5) is 0. The van der Waals surface area contributed by atoms with Gasteiger partial charge in [-0.25, -0.2) is 4.68 Å². The van der Waals surface area contributed by atoms with Gasteiger partial charge in [0.2, 0.25) is 0 Å². The Morgan fingerprint density at radius 3 is 2.53 bits per heavy atom. The van der Waals surface area contributed by atoms with Crippen molar-refractivity contribution in [3.05, 3.63) is 45.1 Å². The number of benzene rings is 1. The van der Waals surface area contributed by atoms with Crippen LogP contribution in [0.25, 0.3) is 5.69 Å². The first-order valence-corrected chi connectivity index (χ1v) is 6.00. The van der Waals surface area contributed by atoms with Crippen molar-refractivity contribution in [3.63, 3.8) is 0 Å². The van der Waals surface area contributed by atoms with Crippen LogP contribution in [-0.2, 0) is 6.54 Å². The van der Waals surface area contributed by atoms with Crippen LogP contribution in [0.1, 0.15) is 5.69 Å². The molecule has 0 aliphatic heterocycles. The summed E-state index contributed by atoms with van der Waals surface area (Å²) in [5.74, 6) is 0. The average molecular weight is 331 g/mol. The zero-order chi connectivity index (χ0) is 10.8. The monoisotopic (exact) mass is 329 g/mol. The molecule has 2 rings (SSSR count). The largest absolute Gasteiger partial charge is 0.325 e.